The average molecular weight is 322 g/mol. The molecule has 0 aliphatic carbocycles. The van der Waals surface area contributed by atoms with Gasteiger partial charge in [0.1, 0.15) is 5.76 Å². The molecular weight excluding hydrogens is 304 g/mol. The van der Waals surface area contributed by atoms with Crippen molar-refractivity contribution in [3.05, 3.63) is 17.9 Å². The first kappa shape index (κ1) is 15.5. The summed E-state index contributed by atoms with van der Waals surface area (Å²) in [5.74, 6) is 1.09. The summed E-state index contributed by atoms with van der Waals surface area (Å²) in [5.41, 5.74) is 0. The normalized spacial score (nSPS) is 22.1. The van der Waals surface area contributed by atoms with E-state index in [4.69, 9.17) is 4.42 Å². The van der Waals surface area contributed by atoms with E-state index >= 15 is 0 Å². The molecule has 0 bridgehead atoms. The number of sulfone groups is 1. The standard InChI is InChI=1S/C11H18N2O5S2/c1-12-20(16,17)11-3-2-10(18-11)7-13-6-9-4-5-19(14,15)8-9/h2-3,9,12-13H,4-8H2,1H3. The van der Waals surface area contributed by atoms with Crippen LogP contribution in [0.3, 0.4) is 0 Å². The number of rotatable bonds is 6. The summed E-state index contributed by atoms with van der Waals surface area (Å²) < 4.78 is 52.9. The van der Waals surface area contributed by atoms with Gasteiger partial charge in [0, 0.05) is 0 Å². The Hall–Kier alpha value is -0.900. The predicted molar refractivity (Wildman–Crippen MR) is 73.4 cm³/mol. The minimum atomic E-state index is -3.56. The van der Waals surface area contributed by atoms with Crippen LogP contribution in [-0.2, 0) is 26.4 Å². The van der Waals surface area contributed by atoms with E-state index in [0.29, 0.717) is 25.3 Å². The third kappa shape index (κ3) is 3.81. The van der Waals surface area contributed by atoms with Gasteiger partial charge in [-0.1, -0.05) is 0 Å². The van der Waals surface area contributed by atoms with E-state index < -0.39 is 19.9 Å². The molecule has 1 aliphatic rings. The van der Waals surface area contributed by atoms with Gasteiger partial charge < -0.3 is 9.73 Å². The predicted octanol–water partition coefficient (Wildman–Crippen LogP) is -0.288. The molecule has 7 nitrogen and oxygen atoms in total. The van der Waals surface area contributed by atoms with Gasteiger partial charge in [0.2, 0.25) is 5.09 Å². The fourth-order valence-corrected chi connectivity index (χ4v) is 4.66. The van der Waals surface area contributed by atoms with Gasteiger partial charge in [-0.05, 0) is 38.1 Å². The highest BCUT2D eigenvalue weighted by Crippen LogP contribution is 2.18. The highest BCUT2D eigenvalue weighted by atomic mass is 32.2. The fourth-order valence-electron chi connectivity index (χ4n) is 2.13. The Bertz CT molecular complexity index is 663. The van der Waals surface area contributed by atoms with Crippen molar-refractivity contribution in [2.75, 3.05) is 25.1 Å². The summed E-state index contributed by atoms with van der Waals surface area (Å²) in [4.78, 5) is 0. The van der Waals surface area contributed by atoms with Gasteiger partial charge in [-0.3, -0.25) is 0 Å². The smallest absolute Gasteiger partial charge is 0.273 e. The van der Waals surface area contributed by atoms with Crippen LogP contribution in [0.25, 0.3) is 0 Å². The van der Waals surface area contributed by atoms with Crippen LogP contribution in [0.1, 0.15) is 12.2 Å². The highest BCUT2D eigenvalue weighted by Gasteiger charge is 2.27. The van der Waals surface area contributed by atoms with Crippen LogP contribution < -0.4 is 10.0 Å². The molecule has 0 spiro atoms. The summed E-state index contributed by atoms with van der Waals surface area (Å²) in [6.07, 6.45) is 0.673. The zero-order valence-electron chi connectivity index (χ0n) is 11.1. The molecule has 1 fully saturated rings. The van der Waals surface area contributed by atoms with Gasteiger partial charge in [-0.15, -0.1) is 0 Å². The Morgan fingerprint density at radius 1 is 1.40 bits per heavy atom. The Morgan fingerprint density at radius 2 is 2.15 bits per heavy atom. The molecular formula is C11H18N2O5S2. The zero-order valence-corrected chi connectivity index (χ0v) is 12.8. The van der Waals surface area contributed by atoms with E-state index in [2.05, 4.69) is 10.0 Å². The van der Waals surface area contributed by atoms with Gasteiger partial charge in [-0.2, -0.15) is 0 Å². The molecule has 2 heterocycles. The number of nitrogens with one attached hydrogen (secondary N) is 2. The quantitative estimate of drug-likeness (QED) is 0.746. The number of furan rings is 1. The van der Waals surface area contributed by atoms with Crippen molar-refractivity contribution in [2.45, 2.75) is 18.1 Å². The molecule has 1 aromatic rings. The number of hydrogen-bond donors (Lipinski definition) is 2. The second-order valence-corrected chi connectivity index (χ2v) is 8.87. The van der Waals surface area contributed by atoms with Gasteiger partial charge >= 0.3 is 0 Å². The Kier molecular flexibility index (Phi) is 4.52. The lowest BCUT2D eigenvalue weighted by Crippen LogP contribution is -2.23. The maximum atomic E-state index is 11.5. The van der Waals surface area contributed by atoms with Crippen LogP contribution in [0.4, 0.5) is 0 Å². The third-order valence-corrected chi connectivity index (χ3v) is 6.35. The monoisotopic (exact) mass is 322 g/mol. The van der Waals surface area contributed by atoms with E-state index in [1.807, 2.05) is 0 Å². The van der Waals surface area contributed by atoms with Crippen molar-refractivity contribution in [1.82, 2.24) is 10.0 Å². The summed E-state index contributed by atoms with van der Waals surface area (Å²) in [6, 6.07) is 2.98. The number of sulfonamides is 1. The summed E-state index contributed by atoms with van der Waals surface area (Å²) in [7, 11) is -5.10. The lowest BCUT2D eigenvalue weighted by atomic mass is 10.1. The van der Waals surface area contributed by atoms with E-state index in [1.165, 1.54) is 13.1 Å². The van der Waals surface area contributed by atoms with Crippen molar-refractivity contribution < 1.29 is 21.3 Å². The summed E-state index contributed by atoms with van der Waals surface area (Å²) in [6.45, 7) is 0.948. The van der Waals surface area contributed by atoms with E-state index in [-0.39, 0.29) is 22.5 Å². The van der Waals surface area contributed by atoms with Crippen molar-refractivity contribution in [2.24, 2.45) is 5.92 Å². The van der Waals surface area contributed by atoms with Crippen molar-refractivity contribution in [3.63, 3.8) is 0 Å². The maximum Gasteiger partial charge on any atom is 0.273 e. The minimum Gasteiger partial charge on any atom is -0.447 e. The molecule has 1 aliphatic heterocycles. The molecule has 2 rings (SSSR count). The molecule has 1 unspecified atom stereocenters. The van der Waals surface area contributed by atoms with Crippen LogP contribution in [-0.4, -0.2) is 41.9 Å². The van der Waals surface area contributed by atoms with E-state index in [0.717, 1.165) is 0 Å². The number of hydrogen-bond acceptors (Lipinski definition) is 6. The third-order valence-electron chi connectivity index (χ3n) is 3.23. The fraction of sp³-hybridized carbons (Fsp3) is 0.636. The Morgan fingerprint density at radius 3 is 2.75 bits per heavy atom. The zero-order chi connectivity index (χ0) is 14.8. The first-order chi connectivity index (χ1) is 9.32. The first-order valence-electron chi connectivity index (χ1n) is 6.26. The topological polar surface area (TPSA) is 105 Å². The summed E-state index contributed by atoms with van der Waals surface area (Å²) >= 11 is 0. The van der Waals surface area contributed by atoms with Crippen LogP contribution in [0.2, 0.25) is 0 Å². The van der Waals surface area contributed by atoms with Crippen LogP contribution in [0.15, 0.2) is 21.6 Å². The van der Waals surface area contributed by atoms with E-state index in [9.17, 15) is 16.8 Å². The average Bonchev–Trinajstić information content (AvgIpc) is 2.97. The molecule has 0 aromatic carbocycles. The molecule has 0 amide bonds. The summed E-state index contributed by atoms with van der Waals surface area (Å²) in [5, 5.41) is 2.97. The van der Waals surface area contributed by atoms with Gasteiger partial charge in [0.05, 0.1) is 18.1 Å². The van der Waals surface area contributed by atoms with Gasteiger partial charge in [0.15, 0.2) is 9.84 Å². The molecule has 1 atom stereocenters. The molecule has 114 valence electrons. The molecule has 9 heteroatoms. The van der Waals surface area contributed by atoms with Crippen LogP contribution >= 0.6 is 0 Å². The largest absolute Gasteiger partial charge is 0.447 e. The molecule has 0 saturated carbocycles. The molecule has 1 saturated heterocycles. The van der Waals surface area contributed by atoms with Crippen LogP contribution in [0.5, 0.6) is 0 Å². The molecule has 2 N–H and O–H groups in total. The highest BCUT2D eigenvalue weighted by molar-refractivity contribution is 7.91. The second kappa shape index (κ2) is 5.84. The van der Waals surface area contributed by atoms with Crippen LogP contribution in [0, 0.1) is 5.92 Å². The van der Waals surface area contributed by atoms with Crippen molar-refractivity contribution >= 4 is 19.9 Å². The Balaban J connectivity index is 1.84. The molecule has 1 aromatic heterocycles. The van der Waals surface area contributed by atoms with Crippen molar-refractivity contribution in [1.29, 1.82) is 0 Å². The SMILES string of the molecule is CNS(=O)(=O)c1ccc(CNCC2CCS(=O)(=O)C2)o1. The maximum absolute atomic E-state index is 11.5. The lowest BCUT2D eigenvalue weighted by molar-refractivity contribution is 0.393. The Labute approximate surface area is 118 Å². The van der Waals surface area contributed by atoms with Gasteiger partial charge in [0.25, 0.3) is 10.0 Å². The minimum absolute atomic E-state index is 0.121. The van der Waals surface area contributed by atoms with Crippen molar-refractivity contribution in [3.8, 4) is 0 Å². The van der Waals surface area contributed by atoms with Gasteiger partial charge in [-0.25, -0.2) is 21.6 Å². The van der Waals surface area contributed by atoms with E-state index in [1.54, 1.807) is 6.07 Å². The second-order valence-electron chi connectivity index (χ2n) is 4.83. The lowest BCUT2D eigenvalue weighted by Gasteiger charge is -2.07. The molecule has 0 radical (unpaired) electrons. The first-order valence-corrected chi connectivity index (χ1v) is 9.56. The molecule has 20 heavy (non-hydrogen) atoms.